The van der Waals surface area contributed by atoms with Crippen LogP contribution in [-0.4, -0.2) is 58.4 Å². The second kappa shape index (κ2) is 8.79. The fraction of sp³-hybridized carbons (Fsp3) is 0.286. The molecule has 2 aromatic carbocycles. The molecule has 2 radical (unpaired) electrons. The van der Waals surface area contributed by atoms with Crippen molar-refractivity contribution >= 4 is 38.2 Å². The van der Waals surface area contributed by atoms with Crippen LogP contribution in [-0.2, 0) is 4.57 Å². The predicted molar refractivity (Wildman–Crippen MR) is 123 cm³/mol. The highest BCUT2D eigenvalue weighted by molar-refractivity contribution is 7.46. The monoisotopic (exact) mass is 491 g/mol. The van der Waals surface area contributed by atoms with E-state index in [4.69, 9.17) is 28.4 Å². The van der Waals surface area contributed by atoms with Gasteiger partial charge in [0, 0.05) is 35.7 Å². The second-order valence-electron chi connectivity index (χ2n) is 7.96. The molecule has 2 heterocycles. The topological polar surface area (TPSA) is 141 Å². The third-order valence-electron chi connectivity index (χ3n) is 5.71. The van der Waals surface area contributed by atoms with E-state index in [0.717, 1.165) is 12.1 Å². The van der Waals surface area contributed by atoms with Crippen molar-refractivity contribution in [3.8, 4) is 22.8 Å². The van der Waals surface area contributed by atoms with E-state index in [9.17, 15) is 29.4 Å². The summed E-state index contributed by atoms with van der Waals surface area (Å²) in [6.45, 7) is 0.151. The molecule has 0 saturated carbocycles. The SMILES string of the molecule is [B]C1CC(c2c(OP(=O)(O)O)cc(O)c3c(=O)cc(-c4ccccc4Cl)oc23)C(O)CN1C. The predicted octanol–water partition coefficient (Wildman–Crippen LogP) is 2.57. The zero-order valence-electron chi connectivity index (χ0n) is 17.4. The Morgan fingerprint density at radius 2 is 1.97 bits per heavy atom. The Morgan fingerprint density at radius 3 is 2.64 bits per heavy atom. The van der Waals surface area contributed by atoms with Gasteiger partial charge in [-0.3, -0.25) is 14.6 Å². The van der Waals surface area contributed by atoms with E-state index in [1.807, 2.05) is 0 Å². The van der Waals surface area contributed by atoms with Gasteiger partial charge in [0.25, 0.3) is 0 Å². The minimum atomic E-state index is -5.08. The number of aliphatic hydroxyl groups excluding tert-OH is 1. The summed E-state index contributed by atoms with van der Waals surface area (Å²) >= 11 is 6.26. The highest BCUT2D eigenvalue weighted by atomic mass is 35.5. The number of likely N-dealkylation sites (N-methyl/N-ethyl adjacent to an activating group) is 1. The van der Waals surface area contributed by atoms with Gasteiger partial charge in [0.1, 0.15) is 28.2 Å². The van der Waals surface area contributed by atoms with Crippen LogP contribution in [0.25, 0.3) is 22.3 Å². The minimum absolute atomic E-state index is 0.0215. The van der Waals surface area contributed by atoms with Gasteiger partial charge in [-0.2, -0.15) is 0 Å². The van der Waals surface area contributed by atoms with Gasteiger partial charge in [0.05, 0.1) is 19.0 Å². The first-order valence-electron chi connectivity index (χ1n) is 9.94. The lowest BCUT2D eigenvalue weighted by Crippen LogP contribution is -2.47. The molecular formula is C21H20BClNO8P. The van der Waals surface area contributed by atoms with Crippen molar-refractivity contribution in [1.82, 2.24) is 4.90 Å². The lowest BCUT2D eigenvalue weighted by Gasteiger charge is -2.39. The fourth-order valence-corrected chi connectivity index (χ4v) is 4.76. The molecule has 1 aliphatic heterocycles. The normalized spacial score (nSPS) is 21.9. The van der Waals surface area contributed by atoms with Crippen LogP contribution in [0.3, 0.4) is 0 Å². The molecule has 0 bridgehead atoms. The van der Waals surface area contributed by atoms with Gasteiger partial charge in [-0.25, -0.2) is 4.57 Å². The minimum Gasteiger partial charge on any atom is -0.507 e. The maximum Gasteiger partial charge on any atom is 0.524 e. The number of phosphoric acid groups is 1. The van der Waals surface area contributed by atoms with E-state index in [1.165, 1.54) is 0 Å². The molecule has 172 valence electrons. The van der Waals surface area contributed by atoms with Gasteiger partial charge in [0.2, 0.25) is 0 Å². The molecule has 12 heteroatoms. The Labute approximate surface area is 194 Å². The van der Waals surface area contributed by atoms with Crippen LogP contribution in [0.4, 0.5) is 0 Å². The molecule has 3 atom stereocenters. The van der Waals surface area contributed by atoms with E-state index in [1.54, 1.807) is 36.2 Å². The van der Waals surface area contributed by atoms with Crippen LogP contribution in [0.15, 0.2) is 45.6 Å². The molecule has 4 rings (SSSR count). The molecule has 3 unspecified atom stereocenters. The summed E-state index contributed by atoms with van der Waals surface area (Å²) in [6, 6.07) is 8.71. The smallest absolute Gasteiger partial charge is 0.507 e. The van der Waals surface area contributed by atoms with Crippen LogP contribution in [0.2, 0.25) is 5.02 Å². The van der Waals surface area contributed by atoms with Gasteiger partial charge in [-0.15, -0.1) is 0 Å². The summed E-state index contributed by atoms with van der Waals surface area (Å²) in [7, 11) is 2.80. The molecule has 0 amide bonds. The Hall–Kier alpha value is -2.33. The molecule has 33 heavy (non-hydrogen) atoms. The van der Waals surface area contributed by atoms with Crippen LogP contribution in [0.5, 0.6) is 11.5 Å². The summed E-state index contributed by atoms with van der Waals surface area (Å²) in [4.78, 5) is 33.6. The first-order valence-corrected chi connectivity index (χ1v) is 11.8. The molecule has 1 saturated heterocycles. The number of fused-ring (bicyclic) bond motifs is 1. The maximum atomic E-state index is 13.0. The third-order valence-corrected chi connectivity index (χ3v) is 6.47. The van der Waals surface area contributed by atoms with E-state index in [0.29, 0.717) is 10.6 Å². The fourth-order valence-electron chi connectivity index (χ4n) is 4.13. The number of phosphoric ester groups is 1. The number of rotatable bonds is 4. The zero-order chi connectivity index (χ0) is 24.1. The summed E-state index contributed by atoms with van der Waals surface area (Å²) in [5.41, 5.74) is -0.375. The number of piperidine rings is 1. The Morgan fingerprint density at radius 1 is 1.27 bits per heavy atom. The molecule has 0 aliphatic carbocycles. The van der Waals surface area contributed by atoms with Gasteiger partial charge >= 0.3 is 7.82 Å². The largest absolute Gasteiger partial charge is 0.524 e. The van der Waals surface area contributed by atoms with Crippen molar-refractivity contribution in [3.63, 3.8) is 0 Å². The molecule has 9 nitrogen and oxygen atoms in total. The summed E-state index contributed by atoms with van der Waals surface area (Å²) in [5.74, 6) is -2.26. The molecule has 1 aliphatic rings. The van der Waals surface area contributed by atoms with Crippen LogP contribution in [0, 0.1) is 0 Å². The quantitative estimate of drug-likeness (QED) is 0.320. The molecule has 1 fully saturated rings. The van der Waals surface area contributed by atoms with Gasteiger partial charge < -0.3 is 24.1 Å². The average molecular weight is 492 g/mol. The highest BCUT2D eigenvalue weighted by Gasteiger charge is 2.37. The third kappa shape index (κ3) is 4.68. The van der Waals surface area contributed by atoms with E-state index >= 15 is 0 Å². The van der Waals surface area contributed by atoms with E-state index in [-0.39, 0.29) is 35.3 Å². The van der Waals surface area contributed by atoms with Gasteiger partial charge in [-0.05, 0) is 31.5 Å². The van der Waals surface area contributed by atoms with Gasteiger partial charge in [0.15, 0.2) is 5.43 Å². The van der Waals surface area contributed by atoms with Crippen molar-refractivity contribution in [1.29, 1.82) is 0 Å². The second-order valence-corrected chi connectivity index (χ2v) is 9.54. The number of phenols is 1. The molecule has 4 N–H and O–H groups in total. The van der Waals surface area contributed by atoms with Crippen molar-refractivity contribution in [2.75, 3.05) is 13.6 Å². The number of likely N-dealkylation sites (tertiary alicyclic amines) is 1. The Bertz CT molecular complexity index is 1330. The van der Waals surface area contributed by atoms with Crippen molar-refractivity contribution in [2.45, 2.75) is 24.4 Å². The molecule has 1 aromatic heterocycles. The first-order chi connectivity index (χ1) is 15.5. The number of aromatic hydroxyl groups is 1. The molecule has 0 spiro atoms. The number of benzene rings is 2. The van der Waals surface area contributed by atoms with E-state index in [2.05, 4.69) is 0 Å². The molecule has 3 aromatic rings. The number of nitrogens with zero attached hydrogens (tertiary/aromatic N) is 1. The zero-order valence-corrected chi connectivity index (χ0v) is 19.0. The number of halogens is 1. The molecular weight excluding hydrogens is 471 g/mol. The number of β-amino-alcohol motifs (C(OH)–C–C–N with tert-alkyl or cyclic N) is 1. The number of aliphatic hydroxyl groups is 1. The lowest BCUT2D eigenvalue weighted by atomic mass is 9.76. The van der Waals surface area contributed by atoms with Crippen molar-refractivity contribution in [2.24, 2.45) is 0 Å². The maximum absolute atomic E-state index is 13.0. The number of phenolic OH excluding ortho intramolecular Hbond substituents is 1. The average Bonchev–Trinajstić information content (AvgIpc) is 2.70. The van der Waals surface area contributed by atoms with E-state index < -0.39 is 42.7 Å². The Balaban J connectivity index is 2.06. The van der Waals surface area contributed by atoms with Crippen LogP contribution < -0.4 is 9.95 Å². The summed E-state index contributed by atoms with van der Waals surface area (Å²) < 4.78 is 22.5. The Kier molecular flexibility index (Phi) is 6.35. The number of hydrogen-bond acceptors (Lipinski definition) is 7. The highest BCUT2D eigenvalue weighted by Crippen LogP contribution is 2.48. The summed E-state index contributed by atoms with van der Waals surface area (Å²) in [6.07, 6.45) is -0.870. The lowest BCUT2D eigenvalue weighted by molar-refractivity contribution is 0.0527. The number of hydrogen-bond donors (Lipinski definition) is 4. The van der Waals surface area contributed by atoms with Crippen molar-refractivity contribution in [3.05, 3.63) is 57.2 Å². The first kappa shape index (κ1) is 23.8. The summed E-state index contributed by atoms with van der Waals surface area (Å²) in [5, 5.41) is 21.4. The van der Waals surface area contributed by atoms with Gasteiger partial charge in [-0.1, -0.05) is 23.7 Å². The van der Waals surface area contributed by atoms with Crippen molar-refractivity contribution < 1.29 is 33.5 Å². The van der Waals surface area contributed by atoms with Crippen LogP contribution >= 0.6 is 19.4 Å². The van der Waals surface area contributed by atoms with Crippen LogP contribution in [0.1, 0.15) is 17.9 Å². The standard InChI is InChI=1S/C21H20BClNO8P/c1-24-9-15(27)11(6-18(24)22)19-17(32-33(28,29)30)8-14(26)20-13(25)7-16(31-21(19)20)10-4-2-3-5-12(10)23/h2-5,7-8,11,15,18,26-27H,6,9H2,1H3,(H2,28,29,30).